The van der Waals surface area contributed by atoms with E-state index in [0.717, 1.165) is 17.7 Å². The number of hydrogen-bond donors (Lipinski definition) is 1. The molecule has 0 radical (unpaired) electrons. The van der Waals surface area contributed by atoms with E-state index in [0.29, 0.717) is 12.2 Å². The molecule has 2 amide bonds. The van der Waals surface area contributed by atoms with Gasteiger partial charge in [-0.1, -0.05) is 37.3 Å². The molecule has 1 atom stereocenters. The number of aryl methyl sites for hydroxylation is 1. The highest BCUT2D eigenvalue weighted by Gasteiger charge is 2.35. The van der Waals surface area contributed by atoms with Gasteiger partial charge in [-0.05, 0) is 35.7 Å². The number of rotatable bonds is 5. The van der Waals surface area contributed by atoms with Crippen LogP contribution in [0.5, 0.6) is 0 Å². The lowest BCUT2D eigenvalue weighted by Gasteiger charge is -2.20. The van der Waals surface area contributed by atoms with Crippen molar-refractivity contribution in [2.24, 2.45) is 5.92 Å². The average molecular weight is 351 g/mol. The van der Waals surface area contributed by atoms with Crippen molar-refractivity contribution in [1.29, 1.82) is 0 Å². The maximum absolute atomic E-state index is 12.5. The molecule has 6 heteroatoms. The zero-order valence-corrected chi connectivity index (χ0v) is 14.4. The van der Waals surface area contributed by atoms with E-state index >= 15 is 0 Å². The molecule has 26 heavy (non-hydrogen) atoms. The number of anilines is 2. The molecule has 1 aliphatic rings. The second-order valence-corrected chi connectivity index (χ2v) is 6.25. The summed E-state index contributed by atoms with van der Waals surface area (Å²) in [5.74, 6) is -2.18. The number of carboxylic acid groups (broad SMARTS) is 1. The van der Waals surface area contributed by atoms with E-state index < -0.39 is 11.9 Å². The number of para-hydroxylation sites is 1. The number of amides is 2. The third kappa shape index (κ3) is 3.59. The summed E-state index contributed by atoms with van der Waals surface area (Å²) in [5.41, 5.74) is 2.26. The van der Waals surface area contributed by atoms with Crippen LogP contribution >= 0.6 is 0 Å². The van der Waals surface area contributed by atoms with Gasteiger partial charge in [0.05, 0.1) is 11.9 Å². The molecule has 2 aromatic rings. The third-order valence-corrected chi connectivity index (χ3v) is 4.52. The van der Waals surface area contributed by atoms with Crippen molar-refractivity contribution in [3.8, 4) is 0 Å². The first-order valence-corrected chi connectivity index (χ1v) is 8.50. The first-order valence-electron chi connectivity index (χ1n) is 8.50. The summed E-state index contributed by atoms with van der Waals surface area (Å²) in [7, 11) is 0. The number of carbonyl (C=O) groups excluding carboxylic acids is 3. The molecule has 6 nitrogen and oxygen atoms in total. The number of benzene rings is 2. The van der Waals surface area contributed by atoms with Gasteiger partial charge < -0.3 is 20.1 Å². The van der Waals surface area contributed by atoms with Gasteiger partial charge in [-0.15, -0.1) is 0 Å². The SMILES string of the molecule is CCc1ccccc1N1C[C@H](C(=O)Nc2cccc(C(=O)[O-])c2)CC1=O. The predicted octanol–water partition coefficient (Wildman–Crippen LogP) is 1.60. The fraction of sp³-hybridized carbons (Fsp3) is 0.250. The fourth-order valence-corrected chi connectivity index (χ4v) is 3.16. The van der Waals surface area contributed by atoms with E-state index in [-0.39, 0.29) is 23.8 Å². The van der Waals surface area contributed by atoms with Crippen molar-refractivity contribution in [2.75, 3.05) is 16.8 Å². The van der Waals surface area contributed by atoms with E-state index in [9.17, 15) is 19.5 Å². The summed E-state index contributed by atoms with van der Waals surface area (Å²) in [6.07, 6.45) is 0.927. The van der Waals surface area contributed by atoms with Gasteiger partial charge in [0.25, 0.3) is 0 Å². The number of nitrogens with zero attached hydrogens (tertiary/aromatic N) is 1. The quantitative estimate of drug-likeness (QED) is 0.886. The highest BCUT2D eigenvalue weighted by molar-refractivity contribution is 6.04. The highest BCUT2D eigenvalue weighted by Crippen LogP contribution is 2.29. The van der Waals surface area contributed by atoms with Crippen LogP contribution < -0.4 is 15.3 Å². The van der Waals surface area contributed by atoms with Crippen LogP contribution in [-0.4, -0.2) is 24.3 Å². The lowest BCUT2D eigenvalue weighted by atomic mass is 10.1. The van der Waals surface area contributed by atoms with Crippen LogP contribution in [0.4, 0.5) is 11.4 Å². The van der Waals surface area contributed by atoms with Crippen LogP contribution in [0.1, 0.15) is 29.3 Å². The van der Waals surface area contributed by atoms with Crippen molar-refractivity contribution in [3.63, 3.8) is 0 Å². The number of hydrogen-bond acceptors (Lipinski definition) is 4. The monoisotopic (exact) mass is 351 g/mol. The lowest BCUT2D eigenvalue weighted by Crippen LogP contribution is -2.29. The van der Waals surface area contributed by atoms with Crippen LogP contribution in [0, 0.1) is 5.92 Å². The second kappa shape index (κ2) is 7.39. The molecule has 0 unspecified atom stereocenters. The summed E-state index contributed by atoms with van der Waals surface area (Å²) < 4.78 is 0. The first-order chi connectivity index (χ1) is 12.5. The molecule has 0 bridgehead atoms. The number of aromatic carboxylic acids is 1. The Morgan fingerprint density at radius 1 is 1.19 bits per heavy atom. The molecule has 0 aromatic heterocycles. The van der Waals surface area contributed by atoms with Crippen molar-refractivity contribution < 1.29 is 19.5 Å². The van der Waals surface area contributed by atoms with Crippen LogP contribution in [0.3, 0.4) is 0 Å². The van der Waals surface area contributed by atoms with Gasteiger partial charge >= 0.3 is 0 Å². The molecular weight excluding hydrogens is 332 g/mol. The maximum Gasteiger partial charge on any atom is 0.229 e. The fourth-order valence-electron chi connectivity index (χ4n) is 3.16. The van der Waals surface area contributed by atoms with Gasteiger partial charge in [-0.2, -0.15) is 0 Å². The Labute approximate surface area is 151 Å². The van der Waals surface area contributed by atoms with Crippen molar-refractivity contribution in [2.45, 2.75) is 19.8 Å². The topological polar surface area (TPSA) is 89.5 Å². The molecule has 1 heterocycles. The van der Waals surface area contributed by atoms with E-state index in [1.165, 1.54) is 18.2 Å². The van der Waals surface area contributed by atoms with Gasteiger partial charge in [-0.25, -0.2) is 0 Å². The summed E-state index contributed by atoms with van der Waals surface area (Å²) >= 11 is 0. The Bertz CT molecular complexity index is 862. The Morgan fingerprint density at radius 2 is 1.96 bits per heavy atom. The van der Waals surface area contributed by atoms with Gasteiger partial charge in [0.1, 0.15) is 0 Å². The normalized spacial score (nSPS) is 16.6. The van der Waals surface area contributed by atoms with Crippen molar-refractivity contribution in [3.05, 3.63) is 59.7 Å². The highest BCUT2D eigenvalue weighted by atomic mass is 16.4. The summed E-state index contributed by atoms with van der Waals surface area (Å²) in [4.78, 5) is 37.5. The van der Waals surface area contributed by atoms with Crippen LogP contribution in [-0.2, 0) is 16.0 Å². The summed E-state index contributed by atoms with van der Waals surface area (Å²) in [5, 5.41) is 13.6. The van der Waals surface area contributed by atoms with E-state index in [1.54, 1.807) is 11.0 Å². The second-order valence-electron chi connectivity index (χ2n) is 6.25. The molecular formula is C20H19N2O4-. The van der Waals surface area contributed by atoms with Gasteiger partial charge in [0.2, 0.25) is 11.8 Å². The minimum Gasteiger partial charge on any atom is -0.545 e. The molecule has 0 aliphatic carbocycles. The molecule has 1 aliphatic heterocycles. The Morgan fingerprint density at radius 3 is 2.69 bits per heavy atom. The average Bonchev–Trinajstić information content (AvgIpc) is 3.03. The predicted molar refractivity (Wildman–Crippen MR) is 95.7 cm³/mol. The lowest BCUT2D eigenvalue weighted by molar-refractivity contribution is -0.255. The van der Waals surface area contributed by atoms with E-state index in [4.69, 9.17) is 0 Å². The summed E-state index contributed by atoms with van der Waals surface area (Å²) in [6.45, 7) is 2.33. The smallest absolute Gasteiger partial charge is 0.229 e. The van der Waals surface area contributed by atoms with Gasteiger partial charge in [0, 0.05) is 24.3 Å². The Kier molecular flexibility index (Phi) is 5.02. The number of carbonyl (C=O) groups is 3. The molecule has 1 fully saturated rings. The van der Waals surface area contributed by atoms with Crippen LogP contribution in [0.25, 0.3) is 0 Å². The zero-order valence-electron chi connectivity index (χ0n) is 14.4. The maximum atomic E-state index is 12.5. The standard InChI is InChI=1S/C20H20N2O4/c1-2-13-6-3-4-9-17(13)22-12-15(11-18(22)23)19(24)21-16-8-5-7-14(10-16)20(25)26/h3-10,15H,2,11-12H2,1H3,(H,21,24)(H,25,26)/p-1/t15-/m1/s1. The first kappa shape index (κ1) is 17.7. The largest absolute Gasteiger partial charge is 0.545 e. The van der Waals surface area contributed by atoms with Gasteiger partial charge in [-0.3, -0.25) is 9.59 Å². The van der Waals surface area contributed by atoms with Gasteiger partial charge in [0.15, 0.2) is 0 Å². The molecule has 1 saturated heterocycles. The molecule has 0 saturated carbocycles. The molecule has 1 N–H and O–H groups in total. The number of nitrogens with one attached hydrogen (secondary N) is 1. The third-order valence-electron chi connectivity index (χ3n) is 4.52. The van der Waals surface area contributed by atoms with E-state index in [2.05, 4.69) is 5.32 Å². The minimum atomic E-state index is -1.31. The zero-order chi connectivity index (χ0) is 18.7. The molecule has 3 rings (SSSR count). The molecule has 2 aromatic carbocycles. The number of carboxylic acids is 1. The molecule has 0 spiro atoms. The Hall–Kier alpha value is -3.15. The van der Waals surface area contributed by atoms with Crippen LogP contribution in [0.2, 0.25) is 0 Å². The van der Waals surface area contributed by atoms with Crippen LogP contribution in [0.15, 0.2) is 48.5 Å². The van der Waals surface area contributed by atoms with Crippen molar-refractivity contribution >= 4 is 29.2 Å². The van der Waals surface area contributed by atoms with Crippen molar-refractivity contribution in [1.82, 2.24) is 0 Å². The van der Waals surface area contributed by atoms with E-state index in [1.807, 2.05) is 31.2 Å². The minimum absolute atomic E-state index is 0.0104. The summed E-state index contributed by atoms with van der Waals surface area (Å²) in [6, 6.07) is 13.5. The Balaban J connectivity index is 1.73. The molecule has 134 valence electrons.